The Hall–Kier alpha value is -2.21. The second-order valence-electron chi connectivity index (χ2n) is 4.53. The first-order valence-corrected chi connectivity index (χ1v) is 8.05. The van der Waals surface area contributed by atoms with E-state index in [1.165, 1.54) is 19.2 Å². The molecule has 2 rings (SSSR count). The van der Waals surface area contributed by atoms with Gasteiger partial charge in [0.05, 0.1) is 17.8 Å². The summed E-state index contributed by atoms with van der Waals surface area (Å²) in [5.41, 5.74) is 7.83. The highest BCUT2D eigenvalue weighted by Gasteiger charge is 2.21. The van der Waals surface area contributed by atoms with Crippen LogP contribution >= 0.6 is 23.4 Å². The molecule has 1 aromatic heterocycles. The van der Waals surface area contributed by atoms with Crippen molar-refractivity contribution < 1.29 is 23.8 Å². The standard InChI is InChI=1S/C13H13ClFN5O4S/c1-23-13(21)9(16)5-25-12-10(19-24-20-12)11(18-22)17-6-2-3-8(15)7(14)4-6/h2-4,9,22H,5,16H2,1H3,(H,17,18). The number of rotatable bonds is 6. The molecule has 9 nitrogen and oxygen atoms in total. The summed E-state index contributed by atoms with van der Waals surface area (Å²) in [6.45, 7) is 0. The van der Waals surface area contributed by atoms with E-state index in [1.54, 1.807) is 0 Å². The van der Waals surface area contributed by atoms with Crippen LogP contribution in [0.3, 0.4) is 0 Å². The number of amidine groups is 1. The Bertz CT molecular complexity index is 788. The zero-order valence-electron chi connectivity index (χ0n) is 12.8. The zero-order valence-corrected chi connectivity index (χ0v) is 14.3. The van der Waals surface area contributed by atoms with E-state index >= 15 is 0 Å². The summed E-state index contributed by atoms with van der Waals surface area (Å²) >= 11 is 6.74. The third-order valence-electron chi connectivity index (χ3n) is 2.84. The first-order valence-electron chi connectivity index (χ1n) is 6.69. The number of halogens is 2. The van der Waals surface area contributed by atoms with Gasteiger partial charge in [-0.3, -0.25) is 15.5 Å². The van der Waals surface area contributed by atoms with Crippen LogP contribution in [0.1, 0.15) is 5.69 Å². The number of carbonyl (C=O) groups excluding carboxylic acids is 1. The molecule has 0 radical (unpaired) electrons. The minimum absolute atomic E-state index is 0.0741. The van der Waals surface area contributed by atoms with Gasteiger partial charge in [0, 0.05) is 5.75 Å². The van der Waals surface area contributed by atoms with Crippen LogP contribution in [0.4, 0.5) is 10.1 Å². The lowest BCUT2D eigenvalue weighted by atomic mass is 10.3. The number of hydroxylamine groups is 1. The molecule has 2 aromatic rings. The number of aromatic nitrogens is 2. The molecule has 4 N–H and O–H groups in total. The predicted molar refractivity (Wildman–Crippen MR) is 87.5 cm³/mol. The molecule has 1 atom stereocenters. The molecular formula is C13H13ClFN5O4S. The highest BCUT2D eigenvalue weighted by molar-refractivity contribution is 7.99. The van der Waals surface area contributed by atoms with E-state index in [-0.39, 0.29) is 33.0 Å². The lowest BCUT2D eigenvalue weighted by Gasteiger charge is -2.07. The second-order valence-corrected chi connectivity index (χ2v) is 5.95. The first-order chi connectivity index (χ1) is 12.0. The van der Waals surface area contributed by atoms with E-state index in [0.717, 1.165) is 17.8 Å². The number of ether oxygens (including phenoxy) is 1. The highest BCUT2D eigenvalue weighted by Crippen LogP contribution is 2.24. The van der Waals surface area contributed by atoms with E-state index in [2.05, 4.69) is 24.7 Å². The van der Waals surface area contributed by atoms with Crippen molar-refractivity contribution >= 4 is 40.9 Å². The van der Waals surface area contributed by atoms with Gasteiger partial charge in [-0.2, -0.15) is 0 Å². The van der Waals surface area contributed by atoms with E-state index < -0.39 is 17.8 Å². The molecule has 0 aliphatic rings. The fraction of sp³-hybridized carbons (Fsp3) is 0.231. The zero-order chi connectivity index (χ0) is 18.4. The Morgan fingerprint density at radius 1 is 1.60 bits per heavy atom. The molecule has 0 fully saturated rings. The number of carbonyl (C=O) groups is 1. The number of methoxy groups -OCH3 is 1. The van der Waals surface area contributed by atoms with Gasteiger partial charge in [-0.25, -0.2) is 14.0 Å². The minimum atomic E-state index is -0.877. The minimum Gasteiger partial charge on any atom is -0.468 e. The molecule has 0 aliphatic carbocycles. The predicted octanol–water partition coefficient (Wildman–Crippen LogP) is 1.51. The summed E-state index contributed by atoms with van der Waals surface area (Å²) < 4.78 is 22.3. The topological polar surface area (TPSA) is 136 Å². The van der Waals surface area contributed by atoms with Crippen molar-refractivity contribution in [3.05, 3.63) is 34.7 Å². The van der Waals surface area contributed by atoms with Crippen LogP contribution in [0, 0.1) is 5.82 Å². The number of hydrogen-bond donors (Lipinski definition) is 3. The fourth-order valence-corrected chi connectivity index (χ4v) is 2.63. The number of benzene rings is 1. The Morgan fingerprint density at radius 2 is 2.36 bits per heavy atom. The van der Waals surface area contributed by atoms with Crippen LogP contribution in [0.5, 0.6) is 0 Å². The van der Waals surface area contributed by atoms with Crippen LogP contribution < -0.4 is 11.2 Å². The molecule has 1 unspecified atom stereocenters. The summed E-state index contributed by atoms with van der Waals surface area (Å²) in [6, 6.07) is 2.87. The average molecular weight is 390 g/mol. The number of esters is 1. The van der Waals surface area contributed by atoms with E-state index in [1.807, 2.05) is 5.48 Å². The monoisotopic (exact) mass is 389 g/mol. The van der Waals surface area contributed by atoms with Gasteiger partial charge >= 0.3 is 5.97 Å². The van der Waals surface area contributed by atoms with Gasteiger partial charge < -0.3 is 10.5 Å². The van der Waals surface area contributed by atoms with Crippen LogP contribution in [0.2, 0.25) is 5.02 Å². The number of nitrogens with one attached hydrogen (secondary N) is 1. The van der Waals surface area contributed by atoms with Crippen molar-refractivity contribution in [2.75, 3.05) is 12.9 Å². The first kappa shape index (κ1) is 19.1. The lowest BCUT2D eigenvalue weighted by molar-refractivity contribution is -0.141. The van der Waals surface area contributed by atoms with Crippen molar-refractivity contribution in [1.82, 2.24) is 15.8 Å². The van der Waals surface area contributed by atoms with Crippen molar-refractivity contribution in [1.29, 1.82) is 0 Å². The maximum Gasteiger partial charge on any atom is 0.323 e. The maximum absolute atomic E-state index is 13.2. The molecule has 0 aliphatic heterocycles. The van der Waals surface area contributed by atoms with Crippen molar-refractivity contribution in [3.63, 3.8) is 0 Å². The third kappa shape index (κ3) is 4.89. The SMILES string of the molecule is COC(=O)C(N)CSc1nonc1C(=Nc1ccc(F)c(Cl)c1)NO. The maximum atomic E-state index is 13.2. The molecule has 134 valence electrons. The van der Waals surface area contributed by atoms with E-state index in [4.69, 9.17) is 17.3 Å². The van der Waals surface area contributed by atoms with Gasteiger partial charge in [0.25, 0.3) is 0 Å². The van der Waals surface area contributed by atoms with E-state index in [9.17, 15) is 14.4 Å². The molecule has 0 saturated carbocycles. The summed E-state index contributed by atoms with van der Waals surface area (Å²) in [5.74, 6) is -1.16. The Labute approximate surface area is 150 Å². The number of nitrogens with zero attached hydrogens (tertiary/aromatic N) is 3. The summed E-state index contributed by atoms with van der Waals surface area (Å²) in [5, 5.41) is 16.7. The van der Waals surface area contributed by atoms with Gasteiger partial charge in [0.1, 0.15) is 11.9 Å². The van der Waals surface area contributed by atoms with Crippen LogP contribution in [0.15, 0.2) is 32.8 Å². The molecule has 12 heteroatoms. The van der Waals surface area contributed by atoms with E-state index in [0.29, 0.717) is 0 Å². The second kappa shape index (κ2) is 8.76. The summed E-state index contributed by atoms with van der Waals surface area (Å²) in [6.07, 6.45) is 0. The lowest BCUT2D eigenvalue weighted by Crippen LogP contribution is -2.33. The Kier molecular flexibility index (Phi) is 6.70. The molecule has 0 amide bonds. The van der Waals surface area contributed by atoms with Crippen LogP contribution in [0.25, 0.3) is 0 Å². The fourth-order valence-electron chi connectivity index (χ4n) is 1.62. The normalized spacial score (nSPS) is 12.8. The number of nitrogens with two attached hydrogens (primary N) is 1. The Morgan fingerprint density at radius 3 is 3.00 bits per heavy atom. The van der Waals surface area contributed by atoms with Crippen molar-refractivity contribution in [3.8, 4) is 0 Å². The summed E-state index contributed by atoms with van der Waals surface area (Å²) in [4.78, 5) is 15.4. The van der Waals surface area contributed by atoms with Gasteiger partial charge in [-0.05, 0) is 28.5 Å². The van der Waals surface area contributed by atoms with Gasteiger partial charge in [-0.15, -0.1) is 0 Å². The quantitative estimate of drug-likeness (QED) is 0.221. The number of hydrogen-bond acceptors (Lipinski definition) is 9. The molecule has 1 heterocycles. The third-order valence-corrected chi connectivity index (χ3v) is 4.19. The molecular weight excluding hydrogens is 377 g/mol. The molecule has 0 bridgehead atoms. The smallest absolute Gasteiger partial charge is 0.323 e. The van der Waals surface area contributed by atoms with Crippen LogP contribution in [-0.4, -0.2) is 46.2 Å². The summed E-state index contributed by atoms with van der Waals surface area (Å²) in [7, 11) is 1.23. The largest absolute Gasteiger partial charge is 0.468 e. The molecule has 25 heavy (non-hydrogen) atoms. The van der Waals surface area contributed by atoms with Gasteiger partial charge in [0.2, 0.25) is 0 Å². The van der Waals surface area contributed by atoms with Crippen molar-refractivity contribution in [2.45, 2.75) is 11.1 Å². The number of aliphatic imine (C=N–C) groups is 1. The van der Waals surface area contributed by atoms with Gasteiger partial charge in [0.15, 0.2) is 16.6 Å². The highest BCUT2D eigenvalue weighted by atomic mass is 35.5. The molecule has 0 spiro atoms. The van der Waals surface area contributed by atoms with Crippen molar-refractivity contribution in [2.24, 2.45) is 10.7 Å². The van der Waals surface area contributed by atoms with Gasteiger partial charge in [-0.1, -0.05) is 23.4 Å². The molecule has 0 saturated heterocycles. The average Bonchev–Trinajstić information content (AvgIpc) is 3.08. The number of thioether (sulfide) groups is 1. The Balaban J connectivity index is 2.21. The molecule has 1 aromatic carbocycles. The van der Waals surface area contributed by atoms with Crippen LogP contribution in [-0.2, 0) is 9.53 Å².